The number of imide groups is 1. The molecular weight excluding hydrogens is 600 g/mol. The molecule has 0 radical (unpaired) electrons. The monoisotopic (exact) mass is 636 g/mol. The van der Waals surface area contributed by atoms with Crippen LogP contribution in [0.25, 0.3) is 27.7 Å². The Morgan fingerprint density at radius 2 is 1.54 bits per heavy atom. The molecule has 3 aliphatic heterocycles. The van der Waals surface area contributed by atoms with Crippen LogP contribution in [0.4, 0.5) is 5.69 Å². The van der Waals surface area contributed by atoms with Crippen molar-refractivity contribution >= 4 is 56.8 Å². The third-order valence-electron chi connectivity index (χ3n) is 10.6. The predicted molar refractivity (Wildman–Crippen MR) is 181 cm³/mol. The van der Waals surface area contributed by atoms with Gasteiger partial charge >= 0.3 is 0 Å². The largest absolute Gasteiger partial charge is 0.371 e. The van der Waals surface area contributed by atoms with Crippen molar-refractivity contribution in [1.29, 1.82) is 0 Å². The number of aryl methyl sites for hydroxylation is 1. The number of hydrogen-bond acceptors (Lipinski definition) is 6. The normalized spacial score (nSPS) is 20.7. The summed E-state index contributed by atoms with van der Waals surface area (Å²) >= 11 is 6.40. The van der Waals surface area contributed by atoms with E-state index in [1.54, 1.807) is 6.07 Å². The molecule has 0 spiro atoms. The van der Waals surface area contributed by atoms with Gasteiger partial charge in [-0.15, -0.1) is 0 Å². The highest BCUT2D eigenvalue weighted by Gasteiger charge is 2.31. The minimum Gasteiger partial charge on any atom is -0.371 e. The Kier molecular flexibility index (Phi) is 7.33. The van der Waals surface area contributed by atoms with Crippen LogP contribution in [-0.4, -0.2) is 62.9 Å². The number of amides is 2. The van der Waals surface area contributed by atoms with Crippen molar-refractivity contribution in [3.8, 4) is 0 Å². The zero-order valence-corrected chi connectivity index (χ0v) is 26.7. The fraction of sp³-hybridized carbons (Fsp3) is 0.389. The minimum atomic E-state index is -0.305. The second kappa shape index (κ2) is 11.5. The molecule has 10 heteroatoms. The van der Waals surface area contributed by atoms with Crippen LogP contribution in [0, 0.1) is 0 Å². The van der Waals surface area contributed by atoms with Crippen LogP contribution in [0.2, 0.25) is 5.02 Å². The summed E-state index contributed by atoms with van der Waals surface area (Å²) in [6.07, 6.45) is 5.56. The van der Waals surface area contributed by atoms with Gasteiger partial charge in [-0.1, -0.05) is 41.9 Å². The van der Waals surface area contributed by atoms with Gasteiger partial charge in [0.15, 0.2) is 0 Å². The van der Waals surface area contributed by atoms with E-state index in [4.69, 9.17) is 11.6 Å². The summed E-state index contributed by atoms with van der Waals surface area (Å²) in [4.78, 5) is 46.2. The summed E-state index contributed by atoms with van der Waals surface area (Å²) in [6, 6.07) is 21.2. The maximum Gasteiger partial charge on any atom is 0.283 e. The molecule has 46 heavy (non-hydrogen) atoms. The number of likely N-dealkylation sites (tertiary alicyclic amines) is 1. The van der Waals surface area contributed by atoms with E-state index in [-0.39, 0.29) is 23.3 Å². The van der Waals surface area contributed by atoms with Gasteiger partial charge in [0.2, 0.25) is 17.6 Å². The molecule has 5 heterocycles. The van der Waals surface area contributed by atoms with Crippen LogP contribution in [0.5, 0.6) is 0 Å². The summed E-state index contributed by atoms with van der Waals surface area (Å²) in [7, 11) is 1.97. The van der Waals surface area contributed by atoms with Crippen molar-refractivity contribution in [2.75, 3.05) is 31.1 Å². The Morgan fingerprint density at radius 3 is 2.28 bits per heavy atom. The SMILES string of the molecule is Cn1c2cc(N3CCC(N4CCC(c5ccc(C6CCC(=O)NC6=O)cc5)CC4)CC3)ccc2n2c3cccc(Cl)c3c(=O)nc12. The fourth-order valence-corrected chi connectivity index (χ4v) is 8.30. The number of carbonyl (C=O) groups is 2. The van der Waals surface area contributed by atoms with E-state index in [1.807, 2.05) is 28.1 Å². The van der Waals surface area contributed by atoms with Crippen LogP contribution in [-0.2, 0) is 16.6 Å². The lowest BCUT2D eigenvalue weighted by molar-refractivity contribution is -0.134. The lowest BCUT2D eigenvalue weighted by Crippen LogP contribution is -2.47. The van der Waals surface area contributed by atoms with Crippen molar-refractivity contribution in [3.63, 3.8) is 0 Å². The van der Waals surface area contributed by atoms with E-state index < -0.39 is 0 Å². The van der Waals surface area contributed by atoms with E-state index in [9.17, 15) is 14.4 Å². The highest BCUT2D eigenvalue weighted by Crippen LogP contribution is 2.34. The molecule has 8 rings (SSSR count). The number of anilines is 1. The molecule has 3 saturated heterocycles. The van der Waals surface area contributed by atoms with E-state index in [2.05, 4.69) is 62.6 Å². The molecule has 0 bridgehead atoms. The molecule has 2 amide bonds. The number of fused-ring (bicyclic) bond motifs is 5. The Morgan fingerprint density at radius 1 is 0.804 bits per heavy atom. The topological polar surface area (TPSA) is 92.0 Å². The third kappa shape index (κ3) is 4.97. The Hall–Kier alpha value is -4.21. The molecule has 5 aromatic rings. The van der Waals surface area contributed by atoms with Gasteiger partial charge in [-0.2, -0.15) is 4.98 Å². The molecule has 3 fully saturated rings. The fourth-order valence-electron chi connectivity index (χ4n) is 8.05. The lowest BCUT2D eigenvalue weighted by Gasteiger charge is -2.42. The van der Waals surface area contributed by atoms with E-state index >= 15 is 0 Å². The summed E-state index contributed by atoms with van der Waals surface area (Å²) in [5.74, 6) is 0.580. The molecule has 9 nitrogen and oxygen atoms in total. The molecule has 236 valence electrons. The Bertz CT molecular complexity index is 2050. The summed E-state index contributed by atoms with van der Waals surface area (Å²) < 4.78 is 4.03. The number of imidazole rings is 1. The van der Waals surface area contributed by atoms with Crippen molar-refractivity contribution in [1.82, 2.24) is 24.2 Å². The number of nitrogens with zero attached hydrogens (tertiary/aromatic N) is 5. The van der Waals surface area contributed by atoms with Crippen LogP contribution in [0.3, 0.4) is 0 Å². The maximum absolute atomic E-state index is 12.8. The molecule has 3 aromatic carbocycles. The van der Waals surface area contributed by atoms with E-state index in [1.165, 1.54) is 11.3 Å². The number of benzene rings is 3. The van der Waals surface area contributed by atoms with Crippen LogP contribution >= 0.6 is 11.6 Å². The highest BCUT2D eigenvalue weighted by molar-refractivity contribution is 6.35. The standard InChI is InChI=1S/C36H37ClN6O3/c1-40-31-21-26(9-11-29(31)43-30-4-2-3-28(37)33(30)35(46)39-36(40)43)42-19-15-25(16-20-42)41-17-13-23(14-18-41)22-5-7-24(8-6-22)27-10-12-32(44)38-34(27)45/h2-9,11,21,23,25,27H,10,12-20H2,1H3,(H,38,44,45). The molecule has 3 aliphatic rings. The minimum absolute atomic E-state index is 0.171. The Balaban J connectivity index is 0.915. The smallest absolute Gasteiger partial charge is 0.283 e. The van der Waals surface area contributed by atoms with Crippen LogP contribution in [0.15, 0.2) is 65.5 Å². The number of halogens is 1. The molecule has 0 aliphatic carbocycles. The molecule has 1 N–H and O–H groups in total. The van der Waals surface area contributed by atoms with Crippen molar-refractivity contribution in [2.24, 2.45) is 7.05 Å². The third-order valence-corrected chi connectivity index (χ3v) is 10.9. The van der Waals surface area contributed by atoms with Gasteiger partial charge in [0.05, 0.1) is 32.9 Å². The van der Waals surface area contributed by atoms with Crippen molar-refractivity contribution < 1.29 is 9.59 Å². The first-order valence-electron chi connectivity index (χ1n) is 16.4. The number of piperidine rings is 3. The van der Waals surface area contributed by atoms with Gasteiger partial charge in [0, 0.05) is 38.3 Å². The summed E-state index contributed by atoms with van der Waals surface area (Å²) in [5.41, 5.74) is 6.06. The number of hydrogen-bond donors (Lipinski definition) is 1. The number of rotatable bonds is 4. The quantitative estimate of drug-likeness (QED) is 0.267. The first-order valence-corrected chi connectivity index (χ1v) is 16.8. The maximum atomic E-state index is 12.8. The number of aromatic nitrogens is 3. The molecule has 0 saturated carbocycles. The van der Waals surface area contributed by atoms with Crippen molar-refractivity contribution in [2.45, 2.75) is 56.4 Å². The highest BCUT2D eigenvalue weighted by atomic mass is 35.5. The van der Waals surface area contributed by atoms with Crippen molar-refractivity contribution in [3.05, 3.63) is 87.2 Å². The summed E-state index contributed by atoms with van der Waals surface area (Å²) in [6.45, 7) is 4.24. The second-order valence-electron chi connectivity index (χ2n) is 13.1. The zero-order valence-electron chi connectivity index (χ0n) is 25.9. The number of nitrogens with one attached hydrogen (secondary N) is 1. The average Bonchev–Trinajstić information content (AvgIpc) is 3.35. The van der Waals surface area contributed by atoms with Gasteiger partial charge in [-0.3, -0.25) is 24.1 Å². The van der Waals surface area contributed by atoms with Gasteiger partial charge in [0.1, 0.15) is 0 Å². The van der Waals surface area contributed by atoms with Crippen LogP contribution in [0.1, 0.15) is 61.5 Å². The average molecular weight is 637 g/mol. The van der Waals surface area contributed by atoms with Crippen LogP contribution < -0.4 is 15.8 Å². The first-order chi connectivity index (χ1) is 22.4. The number of carbonyl (C=O) groups excluding carboxylic acids is 2. The van der Waals surface area contributed by atoms with Gasteiger partial charge in [-0.05, 0) is 92.6 Å². The van der Waals surface area contributed by atoms with E-state index in [0.717, 1.165) is 74.0 Å². The molecular formula is C36H37ClN6O3. The zero-order chi connectivity index (χ0) is 31.5. The first kappa shape index (κ1) is 29.2. The predicted octanol–water partition coefficient (Wildman–Crippen LogP) is 5.36. The summed E-state index contributed by atoms with van der Waals surface area (Å²) in [5, 5.41) is 3.35. The molecule has 1 atom stereocenters. The van der Waals surface area contributed by atoms with E-state index in [0.29, 0.717) is 41.0 Å². The van der Waals surface area contributed by atoms with Gasteiger partial charge in [0.25, 0.3) is 5.56 Å². The molecule has 1 unspecified atom stereocenters. The van der Waals surface area contributed by atoms with Gasteiger partial charge in [-0.25, -0.2) is 0 Å². The second-order valence-corrected chi connectivity index (χ2v) is 13.5. The molecule has 2 aromatic heterocycles. The lowest BCUT2D eigenvalue weighted by atomic mass is 9.85. The Labute approximate surface area is 271 Å². The van der Waals surface area contributed by atoms with Gasteiger partial charge < -0.3 is 14.4 Å².